The molecule has 2 heterocycles. The van der Waals surface area contributed by atoms with Crippen LogP contribution < -0.4 is 4.90 Å². The standard InChI is InChI=1S/C22H26BrN3O4/c1-22(2,3)30-21(28)26-11-9-25(10-12-26)18-14-16(23)13-15-5-6-17(24-20(15)18)7-8-19(27)29-4/h5-8,13-14H,9-12H2,1-4H3. The summed E-state index contributed by atoms with van der Waals surface area (Å²) < 4.78 is 11.1. The smallest absolute Gasteiger partial charge is 0.410 e. The third-order valence-corrected chi connectivity index (χ3v) is 5.08. The molecule has 2 aromatic rings. The third kappa shape index (κ3) is 5.50. The van der Waals surface area contributed by atoms with Crippen LogP contribution in [0.1, 0.15) is 26.5 Å². The van der Waals surface area contributed by atoms with Crippen LogP contribution >= 0.6 is 15.9 Å². The molecular formula is C22H26BrN3O4. The second-order valence-electron chi connectivity index (χ2n) is 8.04. The number of pyridine rings is 1. The number of ether oxygens (including phenoxy) is 2. The van der Waals surface area contributed by atoms with Crippen LogP contribution in [-0.2, 0) is 14.3 Å². The number of aromatic nitrogens is 1. The van der Waals surface area contributed by atoms with Gasteiger partial charge in [-0.25, -0.2) is 14.6 Å². The Kier molecular flexibility index (Phi) is 6.65. The topological polar surface area (TPSA) is 72.0 Å². The van der Waals surface area contributed by atoms with E-state index in [-0.39, 0.29) is 6.09 Å². The SMILES string of the molecule is COC(=O)C=Cc1ccc2cc(Br)cc(N3CCN(C(=O)OC(C)(C)C)CC3)c2n1. The van der Waals surface area contributed by atoms with Crippen molar-refractivity contribution in [3.63, 3.8) is 0 Å². The summed E-state index contributed by atoms with van der Waals surface area (Å²) in [6.07, 6.45) is 2.71. The molecule has 160 valence electrons. The molecule has 8 heteroatoms. The molecule has 1 amide bonds. The normalized spacial score (nSPS) is 15.0. The Morgan fingerprint density at radius 2 is 1.83 bits per heavy atom. The second kappa shape index (κ2) is 9.04. The summed E-state index contributed by atoms with van der Waals surface area (Å²) in [7, 11) is 1.34. The van der Waals surface area contributed by atoms with E-state index in [0.717, 1.165) is 21.1 Å². The Labute approximate surface area is 184 Å². The van der Waals surface area contributed by atoms with E-state index < -0.39 is 11.6 Å². The Hall–Kier alpha value is -2.61. The number of carbonyl (C=O) groups excluding carboxylic acids is 2. The molecule has 1 aliphatic rings. The number of fused-ring (bicyclic) bond motifs is 1. The zero-order valence-electron chi connectivity index (χ0n) is 17.6. The number of esters is 1. The van der Waals surface area contributed by atoms with Crippen molar-refractivity contribution < 1.29 is 19.1 Å². The quantitative estimate of drug-likeness (QED) is 0.488. The fraction of sp³-hybridized carbons (Fsp3) is 0.409. The maximum absolute atomic E-state index is 12.3. The summed E-state index contributed by atoms with van der Waals surface area (Å²) in [5, 5.41) is 0.990. The predicted molar refractivity (Wildman–Crippen MR) is 121 cm³/mol. The van der Waals surface area contributed by atoms with Crippen LogP contribution in [-0.4, -0.2) is 60.8 Å². The summed E-state index contributed by atoms with van der Waals surface area (Å²) in [5.74, 6) is -0.425. The van der Waals surface area contributed by atoms with Crippen LogP contribution in [0.4, 0.5) is 10.5 Å². The molecular weight excluding hydrogens is 450 g/mol. The summed E-state index contributed by atoms with van der Waals surface area (Å²) in [5.41, 5.74) is 1.99. The second-order valence-corrected chi connectivity index (χ2v) is 8.96. The first-order valence-corrected chi connectivity index (χ1v) is 10.5. The number of amides is 1. The lowest BCUT2D eigenvalue weighted by molar-refractivity contribution is -0.134. The summed E-state index contributed by atoms with van der Waals surface area (Å²) >= 11 is 3.58. The van der Waals surface area contributed by atoms with Gasteiger partial charge in [-0.3, -0.25) is 0 Å². The van der Waals surface area contributed by atoms with E-state index in [1.54, 1.807) is 11.0 Å². The van der Waals surface area contributed by atoms with Crippen LogP contribution in [0.2, 0.25) is 0 Å². The number of rotatable bonds is 3. The van der Waals surface area contributed by atoms with Gasteiger partial charge in [-0.15, -0.1) is 0 Å². The molecule has 30 heavy (non-hydrogen) atoms. The van der Waals surface area contributed by atoms with Crippen molar-refractivity contribution in [3.8, 4) is 0 Å². The minimum atomic E-state index is -0.507. The third-order valence-electron chi connectivity index (χ3n) is 4.62. The number of benzene rings is 1. The lowest BCUT2D eigenvalue weighted by atomic mass is 10.1. The van der Waals surface area contributed by atoms with Crippen LogP contribution in [0.3, 0.4) is 0 Å². The zero-order valence-corrected chi connectivity index (χ0v) is 19.2. The Morgan fingerprint density at radius 1 is 1.13 bits per heavy atom. The number of methoxy groups -OCH3 is 1. The average molecular weight is 476 g/mol. The van der Waals surface area contributed by atoms with E-state index >= 15 is 0 Å². The van der Waals surface area contributed by atoms with E-state index in [1.165, 1.54) is 13.2 Å². The van der Waals surface area contributed by atoms with Gasteiger partial charge in [0.1, 0.15) is 5.60 Å². The summed E-state index contributed by atoms with van der Waals surface area (Å²) in [6, 6.07) is 7.88. The summed E-state index contributed by atoms with van der Waals surface area (Å²) in [6.45, 7) is 8.10. The molecule has 0 bridgehead atoms. The molecule has 0 unspecified atom stereocenters. The molecule has 0 spiro atoms. The summed E-state index contributed by atoms with van der Waals surface area (Å²) in [4.78, 5) is 32.4. The van der Waals surface area contributed by atoms with Crippen molar-refractivity contribution in [2.75, 3.05) is 38.2 Å². The first kappa shape index (κ1) is 22.1. The Morgan fingerprint density at radius 3 is 2.47 bits per heavy atom. The number of hydrogen-bond acceptors (Lipinski definition) is 6. The van der Waals surface area contributed by atoms with Gasteiger partial charge in [0.25, 0.3) is 0 Å². The monoisotopic (exact) mass is 475 g/mol. The molecule has 0 N–H and O–H groups in total. The Bertz CT molecular complexity index is 976. The minimum absolute atomic E-state index is 0.283. The molecule has 1 fully saturated rings. The predicted octanol–water partition coefficient (Wildman–Crippen LogP) is 4.24. The fourth-order valence-corrected chi connectivity index (χ4v) is 3.67. The molecule has 1 saturated heterocycles. The molecule has 1 aromatic carbocycles. The van der Waals surface area contributed by atoms with Crippen LogP contribution in [0.15, 0.2) is 34.8 Å². The van der Waals surface area contributed by atoms with Crippen LogP contribution in [0.5, 0.6) is 0 Å². The zero-order chi connectivity index (χ0) is 21.9. The molecule has 1 aromatic heterocycles. The van der Waals surface area contributed by atoms with Gasteiger partial charge < -0.3 is 19.3 Å². The lowest BCUT2D eigenvalue weighted by Gasteiger charge is -2.37. The maximum atomic E-state index is 12.3. The molecule has 0 atom stereocenters. The molecule has 0 aliphatic carbocycles. The first-order valence-electron chi connectivity index (χ1n) is 9.75. The van der Waals surface area contributed by atoms with Gasteiger partial charge in [0, 0.05) is 42.1 Å². The number of carbonyl (C=O) groups is 2. The van der Waals surface area contributed by atoms with Crippen molar-refractivity contribution in [3.05, 3.63) is 40.5 Å². The highest BCUT2D eigenvalue weighted by Crippen LogP contribution is 2.31. The van der Waals surface area contributed by atoms with Gasteiger partial charge in [-0.1, -0.05) is 22.0 Å². The fourth-order valence-electron chi connectivity index (χ4n) is 3.21. The van der Waals surface area contributed by atoms with E-state index in [2.05, 4.69) is 25.6 Å². The number of anilines is 1. The largest absolute Gasteiger partial charge is 0.466 e. The van der Waals surface area contributed by atoms with Gasteiger partial charge in [-0.05, 0) is 45.0 Å². The number of halogens is 1. The Balaban J connectivity index is 1.82. The lowest BCUT2D eigenvalue weighted by Crippen LogP contribution is -2.50. The highest BCUT2D eigenvalue weighted by Gasteiger charge is 2.26. The van der Waals surface area contributed by atoms with Gasteiger partial charge in [0.15, 0.2) is 0 Å². The van der Waals surface area contributed by atoms with Gasteiger partial charge in [0.2, 0.25) is 0 Å². The van der Waals surface area contributed by atoms with Crippen molar-refractivity contribution in [1.82, 2.24) is 9.88 Å². The minimum Gasteiger partial charge on any atom is -0.466 e. The average Bonchev–Trinajstić information content (AvgIpc) is 2.70. The van der Waals surface area contributed by atoms with Crippen molar-refractivity contribution in [2.24, 2.45) is 0 Å². The number of piperazine rings is 1. The van der Waals surface area contributed by atoms with Gasteiger partial charge >= 0.3 is 12.1 Å². The molecule has 7 nitrogen and oxygen atoms in total. The number of nitrogens with zero attached hydrogens (tertiary/aromatic N) is 3. The molecule has 0 radical (unpaired) electrons. The maximum Gasteiger partial charge on any atom is 0.410 e. The highest BCUT2D eigenvalue weighted by atomic mass is 79.9. The van der Waals surface area contributed by atoms with Gasteiger partial charge in [0.05, 0.1) is 24.0 Å². The van der Waals surface area contributed by atoms with E-state index in [1.807, 2.05) is 45.0 Å². The first-order chi connectivity index (χ1) is 14.2. The van der Waals surface area contributed by atoms with Crippen molar-refractivity contribution in [1.29, 1.82) is 0 Å². The molecule has 0 saturated carbocycles. The molecule has 3 rings (SSSR count). The van der Waals surface area contributed by atoms with Crippen LogP contribution in [0, 0.1) is 0 Å². The number of hydrogen-bond donors (Lipinski definition) is 0. The van der Waals surface area contributed by atoms with E-state index in [0.29, 0.717) is 31.9 Å². The van der Waals surface area contributed by atoms with Crippen molar-refractivity contribution in [2.45, 2.75) is 26.4 Å². The highest BCUT2D eigenvalue weighted by molar-refractivity contribution is 9.10. The van der Waals surface area contributed by atoms with Crippen molar-refractivity contribution >= 4 is 50.7 Å². The van der Waals surface area contributed by atoms with Crippen LogP contribution in [0.25, 0.3) is 17.0 Å². The van der Waals surface area contributed by atoms with E-state index in [4.69, 9.17) is 9.72 Å². The van der Waals surface area contributed by atoms with E-state index in [9.17, 15) is 9.59 Å². The molecule has 1 aliphatic heterocycles. The van der Waals surface area contributed by atoms with Gasteiger partial charge in [-0.2, -0.15) is 0 Å².